The van der Waals surface area contributed by atoms with Crippen LogP contribution in [0.4, 0.5) is 0 Å². The summed E-state index contributed by atoms with van der Waals surface area (Å²) in [6.07, 6.45) is 2.27. The molecule has 5 N–H and O–H groups in total. The van der Waals surface area contributed by atoms with E-state index in [0.29, 0.717) is 19.3 Å². The van der Waals surface area contributed by atoms with Gasteiger partial charge in [0.2, 0.25) is 5.91 Å². The first-order chi connectivity index (χ1) is 5.16. The molecule has 1 amide bonds. The highest BCUT2D eigenvalue weighted by molar-refractivity contribution is 5.79. The zero-order valence-electron chi connectivity index (χ0n) is 6.29. The fraction of sp³-hybridized carbons (Fsp3) is 0.667. The molecule has 0 aliphatic carbocycles. The second kappa shape index (κ2) is 5.52. The van der Waals surface area contributed by atoms with Crippen molar-refractivity contribution in [2.45, 2.75) is 25.7 Å². The third kappa shape index (κ3) is 6.63. The zero-order valence-corrected chi connectivity index (χ0v) is 6.29. The molecule has 0 saturated heterocycles. The highest BCUT2D eigenvalue weighted by Gasteiger charge is 1.96. The Bertz CT molecular complexity index is 156. The average molecular weight is 159 g/mol. The van der Waals surface area contributed by atoms with Crippen molar-refractivity contribution in [1.82, 2.24) is 0 Å². The van der Waals surface area contributed by atoms with E-state index in [1.807, 2.05) is 0 Å². The quantitative estimate of drug-likeness (QED) is 0.170. The maximum atomic E-state index is 10.2. The van der Waals surface area contributed by atoms with Gasteiger partial charge in [0, 0.05) is 12.8 Å². The Hall–Kier alpha value is -1.26. The van der Waals surface area contributed by atoms with Crippen LogP contribution in [0.25, 0.3) is 0 Å². The predicted molar refractivity (Wildman–Crippen MR) is 41.1 cm³/mol. The number of primary amides is 1. The minimum Gasteiger partial charge on any atom is -0.409 e. The third-order valence-electron chi connectivity index (χ3n) is 1.23. The maximum Gasteiger partial charge on any atom is 0.217 e. The summed E-state index contributed by atoms with van der Waals surface area (Å²) in [6.45, 7) is 0. The van der Waals surface area contributed by atoms with Gasteiger partial charge in [0.1, 0.15) is 5.84 Å². The minimum atomic E-state index is -0.315. The second-order valence-electron chi connectivity index (χ2n) is 2.26. The number of amides is 1. The predicted octanol–water partition coefficient (Wildman–Crippen LogP) is -0.222. The smallest absolute Gasteiger partial charge is 0.217 e. The molecular weight excluding hydrogens is 146 g/mol. The van der Waals surface area contributed by atoms with Gasteiger partial charge in [-0.1, -0.05) is 5.16 Å². The molecule has 5 heteroatoms. The van der Waals surface area contributed by atoms with Gasteiger partial charge in [-0.25, -0.2) is 0 Å². The molecule has 0 aromatic heterocycles. The van der Waals surface area contributed by atoms with Crippen LogP contribution in [0, 0.1) is 0 Å². The number of carbonyl (C=O) groups excluding carboxylic acids is 1. The fourth-order valence-corrected chi connectivity index (χ4v) is 0.655. The summed E-state index contributed by atoms with van der Waals surface area (Å²) >= 11 is 0. The molecule has 0 rings (SSSR count). The van der Waals surface area contributed by atoms with E-state index in [0.717, 1.165) is 6.42 Å². The van der Waals surface area contributed by atoms with Gasteiger partial charge in [0.15, 0.2) is 0 Å². The number of amidine groups is 1. The van der Waals surface area contributed by atoms with Crippen molar-refractivity contribution in [3.8, 4) is 0 Å². The third-order valence-corrected chi connectivity index (χ3v) is 1.23. The van der Waals surface area contributed by atoms with Crippen molar-refractivity contribution < 1.29 is 10.0 Å². The van der Waals surface area contributed by atoms with Crippen molar-refractivity contribution in [2.75, 3.05) is 0 Å². The number of hydrogen-bond acceptors (Lipinski definition) is 3. The first-order valence-corrected chi connectivity index (χ1v) is 3.41. The lowest BCUT2D eigenvalue weighted by Gasteiger charge is -1.96. The topological polar surface area (TPSA) is 102 Å². The molecule has 0 fully saturated rings. The molecule has 0 saturated carbocycles. The minimum absolute atomic E-state index is 0.189. The molecule has 0 heterocycles. The average Bonchev–Trinajstić information content (AvgIpc) is 1.97. The zero-order chi connectivity index (χ0) is 8.69. The van der Waals surface area contributed by atoms with Crippen LogP contribution >= 0.6 is 0 Å². The normalized spacial score (nSPS) is 11.5. The molecule has 5 nitrogen and oxygen atoms in total. The molecule has 0 aliphatic rings. The van der Waals surface area contributed by atoms with Crippen LogP contribution in [0.5, 0.6) is 0 Å². The van der Waals surface area contributed by atoms with Gasteiger partial charge < -0.3 is 16.7 Å². The number of carbonyl (C=O) groups is 1. The Morgan fingerprint density at radius 3 is 2.27 bits per heavy atom. The largest absolute Gasteiger partial charge is 0.409 e. The number of rotatable bonds is 5. The first kappa shape index (κ1) is 9.74. The number of nitrogens with zero attached hydrogens (tertiary/aromatic N) is 1. The van der Waals surface area contributed by atoms with Gasteiger partial charge in [0.05, 0.1) is 0 Å². The van der Waals surface area contributed by atoms with Gasteiger partial charge in [-0.15, -0.1) is 0 Å². The molecule has 0 aromatic carbocycles. The van der Waals surface area contributed by atoms with Crippen LogP contribution in [-0.4, -0.2) is 17.0 Å². The fourth-order valence-electron chi connectivity index (χ4n) is 0.655. The Morgan fingerprint density at radius 1 is 1.27 bits per heavy atom. The molecular formula is C6H13N3O2. The molecule has 0 radical (unpaired) electrons. The number of oxime groups is 1. The molecule has 0 aliphatic heterocycles. The van der Waals surface area contributed by atoms with Crippen molar-refractivity contribution in [3.05, 3.63) is 0 Å². The van der Waals surface area contributed by atoms with Crippen LogP contribution in [0.3, 0.4) is 0 Å². The van der Waals surface area contributed by atoms with Crippen molar-refractivity contribution in [1.29, 1.82) is 0 Å². The summed E-state index contributed by atoms with van der Waals surface area (Å²) in [7, 11) is 0. The lowest BCUT2D eigenvalue weighted by atomic mass is 10.2. The van der Waals surface area contributed by atoms with Gasteiger partial charge >= 0.3 is 0 Å². The van der Waals surface area contributed by atoms with Crippen molar-refractivity contribution in [2.24, 2.45) is 16.6 Å². The summed E-state index contributed by atoms with van der Waals surface area (Å²) in [5, 5.41) is 10.9. The molecule has 0 spiro atoms. The van der Waals surface area contributed by atoms with E-state index in [2.05, 4.69) is 5.16 Å². The van der Waals surface area contributed by atoms with Crippen LogP contribution in [0.15, 0.2) is 5.16 Å². The van der Waals surface area contributed by atoms with Crippen LogP contribution < -0.4 is 11.5 Å². The summed E-state index contributed by atoms with van der Waals surface area (Å²) in [5.41, 5.74) is 10.1. The van der Waals surface area contributed by atoms with E-state index in [1.165, 1.54) is 0 Å². The SMILES string of the molecule is NC(=O)CCCC/C(N)=N/O. The maximum absolute atomic E-state index is 10.2. The van der Waals surface area contributed by atoms with E-state index in [-0.39, 0.29) is 11.7 Å². The molecule has 0 atom stereocenters. The van der Waals surface area contributed by atoms with E-state index < -0.39 is 0 Å². The Morgan fingerprint density at radius 2 is 1.82 bits per heavy atom. The number of hydrogen-bond donors (Lipinski definition) is 3. The summed E-state index contributed by atoms with van der Waals surface area (Å²) in [5.74, 6) is -0.126. The molecule has 64 valence electrons. The second-order valence-corrected chi connectivity index (χ2v) is 2.26. The highest BCUT2D eigenvalue weighted by Crippen LogP contribution is 1.98. The molecule has 0 bridgehead atoms. The molecule has 0 unspecified atom stereocenters. The summed E-state index contributed by atoms with van der Waals surface area (Å²) in [6, 6.07) is 0. The van der Waals surface area contributed by atoms with Gasteiger partial charge in [-0.2, -0.15) is 0 Å². The van der Waals surface area contributed by atoms with E-state index in [4.69, 9.17) is 16.7 Å². The van der Waals surface area contributed by atoms with E-state index in [1.54, 1.807) is 0 Å². The Balaban J connectivity index is 3.21. The monoisotopic (exact) mass is 159 g/mol. The standard InChI is InChI=1S/C6H13N3O2/c7-5(9-11)3-1-2-4-6(8)10/h11H,1-4H2,(H2,7,9)(H2,8,10). The Labute approximate surface area is 65.0 Å². The van der Waals surface area contributed by atoms with Crippen LogP contribution in [0.1, 0.15) is 25.7 Å². The first-order valence-electron chi connectivity index (χ1n) is 3.41. The summed E-state index contributed by atoms with van der Waals surface area (Å²) in [4.78, 5) is 10.2. The Kier molecular flexibility index (Phi) is 4.89. The summed E-state index contributed by atoms with van der Waals surface area (Å²) < 4.78 is 0. The van der Waals surface area contributed by atoms with Gasteiger partial charge in [-0.3, -0.25) is 4.79 Å². The van der Waals surface area contributed by atoms with Crippen molar-refractivity contribution >= 4 is 11.7 Å². The highest BCUT2D eigenvalue weighted by atomic mass is 16.4. The van der Waals surface area contributed by atoms with E-state index >= 15 is 0 Å². The lowest BCUT2D eigenvalue weighted by Crippen LogP contribution is -2.13. The van der Waals surface area contributed by atoms with Crippen LogP contribution in [-0.2, 0) is 4.79 Å². The lowest BCUT2D eigenvalue weighted by molar-refractivity contribution is -0.118. The van der Waals surface area contributed by atoms with Crippen molar-refractivity contribution in [3.63, 3.8) is 0 Å². The number of nitrogens with two attached hydrogens (primary N) is 2. The van der Waals surface area contributed by atoms with Crippen LogP contribution in [0.2, 0.25) is 0 Å². The van der Waals surface area contributed by atoms with E-state index in [9.17, 15) is 4.79 Å². The van der Waals surface area contributed by atoms with Gasteiger partial charge in [0.25, 0.3) is 0 Å². The molecule has 0 aromatic rings. The molecule has 11 heavy (non-hydrogen) atoms. The van der Waals surface area contributed by atoms with Gasteiger partial charge in [-0.05, 0) is 12.8 Å². The number of unbranched alkanes of at least 4 members (excludes halogenated alkanes) is 1.